The van der Waals surface area contributed by atoms with Gasteiger partial charge in [-0.2, -0.15) is 0 Å². The number of nitrogens with zero attached hydrogens (tertiary/aromatic N) is 1. The number of hydrogen-bond acceptors (Lipinski definition) is 14. The van der Waals surface area contributed by atoms with Crippen molar-refractivity contribution in [2.24, 2.45) is 22.4 Å². The van der Waals surface area contributed by atoms with Crippen molar-refractivity contribution in [3.05, 3.63) is 58.1 Å². The van der Waals surface area contributed by atoms with Gasteiger partial charge in [0.05, 0.1) is 50.1 Å². The summed E-state index contributed by atoms with van der Waals surface area (Å²) < 4.78 is 58.5. The number of benzene rings is 2. The lowest BCUT2D eigenvalue weighted by atomic mass is 9.94. The Morgan fingerprint density at radius 3 is 2.01 bits per heavy atom. The summed E-state index contributed by atoms with van der Waals surface area (Å²) in [7, 11) is -4.20. The fourth-order valence-corrected chi connectivity index (χ4v) is 10.2. The van der Waals surface area contributed by atoms with Gasteiger partial charge < -0.3 is 61.7 Å². The van der Waals surface area contributed by atoms with E-state index in [0.29, 0.717) is 61.8 Å². The topological polar surface area (TPSA) is 302 Å². The second-order valence-electron chi connectivity index (χ2n) is 21.8. The number of carbonyl (C=O) groups is 5. The van der Waals surface area contributed by atoms with Crippen molar-refractivity contribution >= 4 is 45.5 Å². The van der Waals surface area contributed by atoms with E-state index in [-0.39, 0.29) is 62.4 Å². The van der Waals surface area contributed by atoms with Gasteiger partial charge >= 0.3 is 0 Å². The first-order chi connectivity index (χ1) is 36.8. The molecule has 0 fully saturated rings. The number of ether oxygens (including phenoxy) is 5. The van der Waals surface area contributed by atoms with Gasteiger partial charge in [0.15, 0.2) is 0 Å². The van der Waals surface area contributed by atoms with E-state index in [0.717, 1.165) is 49.7 Å². The first-order valence-corrected chi connectivity index (χ1v) is 29.0. The van der Waals surface area contributed by atoms with Gasteiger partial charge in [0, 0.05) is 38.0 Å². The predicted molar refractivity (Wildman–Crippen MR) is 301 cm³/mol. The molecule has 4 atom stereocenters. The first kappa shape index (κ1) is 66.9. The molecule has 0 bridgehead atoms. The van der Waals surface area contributed by atoms with E-state index in [1.807, 2.05) is 51.1 Å². The van der Waals surface area contributed by atoms with Crippen molar-refractivity contribution in [2.45, 2.75) is 181 Å². The van der Waals surface area contributed by atoms with Gasteiger partial charge in [-0.1, -0.05) is 83.2 Å². The average Bonchev–Trinajstić information content (AvgIpc) is 3.72. The third kappa shape index (κ3) is 23.5. The van der Waals surface area contributed by atoms with Crippen molar-refractivity contribution in [3.63, 3.8) is 0 Å². The molecule has 1 aliphatic rings. The number of nitrogens with one attached hydrogen (secondary N) is 6. The van der Waals surface area contributed by atoms with Crippen LogP contribution in [0.3, 0.4) is 0 Å². The summed E-state index contributed by atoms with van der Waals surface area (Å²) in [6.07, 6.45) is 7.08. The standard InChI is InChI=1S/C56H93N9O12S/c1-12-13-14-15-16-20-26-59-50(67)44(33-41-22-18-17-19-23-41)62-52(69)45(35-76-55(7,8)9)63-53(70)47(37(2)3)64-51(68)43(61-46(66)36-75-32-31-74-30-29-73-28-25-57)24-21-27-60-54(58)65-78(71,72)49-39(5)38(4)48-42(40(49)6)34-56(10,11)77-48/h17-19,22-23,37,43-45,47H,12-16,20-21,24-36,57H2,1-11H3,(H,59,67)(H,61,66)(H,62,69)(H,63,70)(H,64,68)(H3,58,60,65)/t43-,44-,45-,47-/m0/s1. The Morgan fingerprint density at radius 2 is 1.37 bits per heavy atom. The highest BCUT2D eigenvalue weighted by molar-refractivity contribution is 7.90. The minimum absolute atomic E-state index is 0.0222. The van der Waals surface area contributed by atoms with Crippen LogP contribution < -0.4 is 47.5 Å². The molecular formula is C56H93N9O12S. The van der Waals surface area contributed by atoms with Crippen molar-refractivity contribution < 1.29 is 56.1 Å². The van der Waals surface area contributed by atoms with Crippen LogP contribution in [0, 0.1) is 26.7 Å². The van der Waals surface area contributed by atoms with Gasteiger partial charge in [-0.05, 0) is 103 Å². The lowest BCUT2D eigenvalue weighted by Gasteiger charge is -2.29. The second-order valence-corrected chi connectivity index (χ2v) is 23.4. The summed E-state index contributed by atoms with van der Waals surface area (Å²) in [6, 6.07) is 4.55. The van der Waals surface area contributed by atoms with Gasteiger partial charge in [0.1, 0.15) is 42.1 Å². The number of nitrogens with two attached hydrogens (primary N) is 2. The molecule has 0 radical (unpaired) electrons. The predicted octanol–water partition coefficient (Wildman–Crippen LogP) is 3.84. The number of guanidine groups is 1. The summed E-state index contributed by atoms with van der Waals surface area (Å²) in [4.78, 5) is 74.2. The molecule has 3 rings (SSSR count). The molecule has 5 amide bonds. The number of hydrogen-bond donors (Lipinski definition) is 8. The molecule has 0 aliphatic carbocycles. The number of amides is 5. The molecule has 2 aromatic rings. The number of sulfonamides is 1. The minimum Gasteiger partial charge on any atom is -0.487 e. The maximum atomic E-state index is 14.3. The second kappa shape index (κ2) is 33.3. The number of carbonyl (C=O) groups excluding carboxylic acids is 5. The Kier molecular flexibility index (Phi) is 28.5. The molecule has 0 unspecified atom stereocenters. The van der Waals surface area contributed by atoms with Gasteiger partial charge in [-0.25, -0.2) is 13.1 Å². The molecule has 21 nitrogen and oxygen atoms in total. The summed E-state index contributed by atoms with van der Waals surface area (Å²) in [6.45, 7) is 21.5. The van der Waals surface area contributed by atoms with Crippen LogP contribution in [0.25, 0.3) is 0 Å². The Morgan fingerprint density at radius 1 is 0.756 bits per heavy atom. The maximum absolute atomic E-state index is 14.3. The largest absolute Gasteiger partial charge is 0.487 e. The molecule has 1 aliphatic heterocycles. The Hall–Kier alpha value is -5.39. The minimum atomic E-state index is -4.20. The van der Waals surface area contributed by atoms with Crippen LogP contribution in [-0.2, 0) is 65.8 Å². The zero-order chi connectivity index (χ0) is 58.1. The van der Waals surface area contributed by atoms with E-state index in [1.165, 1.54) is 0 Å². The number of rotatable bonds is 36. The molecule has 78 heavy (non-hydrogen) atoms. The summed E-state index contributed by atoms with van der Waals surface area (Å²) in [5.41, 5.74) is 13.8. The zero-order valence-electron chi connectivity index (χ0n) is 48.3. The Bertz CT molecular complexity index is 2380. The first-order valence-electron chi connectivity index (χ1n) is 27.5. The molecule has 0 saturated heterocycles. The van der Waals surface area contributed by atoms with Crippen LogP contribution in [0.2, 0.25) is 0 Å². The van der Waals surface area contributed by atoms with Gasteiger partial charge in [-0.15, -0.1) is 0 Å². The number of unbranched alkanes of at least 4 members (excludes halogenated alkanes) is 5. The van der Waals surface area contributed by atoms with Gasteiger partial charge in [0.25, 0.3) is 10.0 Å². The van der Waals surface area contributed by atoms with Crippen molar-refractivity contribution in [1.29, 1.82) is 0 Å². The highest BCUT2D eigenvalue weighted by atomic mass is 32.2. The van der Waals surface area contributed by atoms with Crippen LogP contribution in [-0.4, -0.2) is 145 Å². The highest BCUT2D eigenvalue weighted by Crippen LogP contribution is 2.43. The van der Waals surface area contributed by atoms with Crippen molar-refractivity contribution in [2.75, 3.05) is 65.9 Å². The molecule has 1 heterocycles. The zero-order valence-corrected chi connectivity index (χ0v) is 49.1. The summed E-state index contributed by atoms with van der Waals surface area (Å²) in [5, 5.41) is 14.1. The average molecular weight is 1120 g/mol. The molecule has 10 N–H and O–H groups in total. The Balaban J connectivity index is 1.80. The molecule has 2 aromatic carbocycles. The van der Waals surface area contributed by atoms with Crippen LogP contribution in [0.5, 0.6) is 5.75 Å². The molecule has 0 saturated carbocycles. The molecular weight excluding hydrogens is 1020 g/mol. The van der Waals surface area contributed by atoms with E-state index in [4.69, 9.17) is 35.2 Å². The molecule has 0 aromatic heterocycles. The molecule has 22 heteroatoms. The summed E-state index contributed by atoms with van der Waals surface area (Å²) in [5.74, 6) is -3.32. The van der Waals surface area contributed by atoms with E-state index in [9.17, 15) is 32.4 Å². The SMILES string of the molecule is CCCCCCCCNC(=O)[C@H](Cc1ccccc1)NC(=O)[C@H](COC(C)(C)C)NC(=O)[C@@H](NC(=O)[C@H](CCCN=C(N)NS(=O)(=O)c1c(C)c(C)c2c(c1C)CC(C)(C)O2)NC(=O)COCCOCCOCCN)C(C)C. The highest BCUT2D eigenvalue weighted by Gasteiger charge is 2.37. The van der Waals surface area contributed by atoms with E-state index in [2.05, 4.69) is 43.2 Å². The van der Waals surface area contributed by atoms with Gasteiger partial charge in [0.2, 0.25) is 35.5 Å². The van der Waals surface area contributed by atoms with E-state index < -0.39 is 81.5 Å². The lowest BCUT2D eigenvalue weighted by Crippen LogP contribution is -2.60. The lowest BCUT2D eigenvalue weighted by molar-refractivity contribution is -0.137. The fraction of sp³-hybridized carbons (Fsp3) is 0.679. The molecule has 0 spiro atoms. The quantitative estimate of drug-likeness (QED) is 0.0273. The Labute approximate surface area is 464 Å². The van der Waals surface area contributed by atoms with Crippen molar-refractivity contribution in [1.82, 2.24) is 31.3 Å². The van der Waals surface area contributed by atoms with Crippen LogP contribution >= 0.6 is 0 Å². The number of aliphatic imine (C=N–C) groups is 1. The van der Waals surface area contributed by atoms with E-state index in [1.54, 1.807) is 48.5 Å². The van der Waals surface area contributed by atoms with Crippen LogP contribution in [0.4, 0.5) is 0 Å². The third-order valence-electron chi connectivity index (χ3n) is 12.9. The third-order valence-corrected chi connectivity index (χ3v) is 14.6. The molecule has 440 valence electrons. The number of fused-ring (bicyclic) bond motifs is 1. The normalized spacial score (nSPS) is 14.9. The fourth-order valence-electron chi connectivity index (χ4n) is 8.69. The maximum Gasteiger partial charge on any atom is 0.264 e. The van der Waals surface area contributed by atoms with Crippen LogP contribution in [0.1, 0.15) is 135 Å². The monoisotopic (exact) mass is 1120 g/mol. The van der Waals surface area contributed by atoms with E-state index >= 15 is 0 Å². The summed E-state index contributed by atoms with van der Waals surface area (Å²) >= 11 is 0. The van der Waals surface area contributed by atoms with Gasteiger partial charge in [-0.3, -0.25) is 29.0 Å². The van der Waals surface area contributed by atoms with Crippen molar-refractivity contribution in [3.8, 4) is 5.75 Å². The van der Waals surface area contributed by atoms with Crippen LogP contribution in [0.15, 0.2) is 40.2 Å². The smallest absolute Gasteiger partial charge is 0.264 e.